The van der Waals surface area contributed by atoms with Crippen molar-refractivity contribution in [1.29, 1.82) is 0 Å². The summed E-state index contributed by atoms with van der Waals surface area (Å²) in [6, 6.07) is 1.38. The molecule has 0 amide bonds. The number of hydrogen-bond donors (Lipinski definition) is 1. The highest BCUT2D eigenvalue weighted by Gasteiger charge is 2.39. The summed E-state index contributed by atoms with van der Waals surface area (Å²) < 4.78 is 41.2. The summed E-state index contributed by atoms with van der Waals surface area (Å²) in [7, 11) is 0. The fourth-order valence-corrected chi connectivity index (χ4v) is 1.76. The minimum atomic E-state index is -4.76. The van der Waals surface area contributed by atoms with E-state index in [0.717, 1.165) is 0 Å². The lowest BCUT2D eigenvalue weighted by molar-refractivity contribution is -0.204. The number of rotatable bonds is 3. The van der Waals surface area contributed by atoms with Gasteiger partial charge in [0.1, 0.15) is 5.69 Å². The van der Waals surface area contributed by atoms with Gasteiger partial charge in [0.15, 0.2) is 6.10 Å². The van der Waals surface area contributed by atoms with Crippen LogP contribution in [-0.2, 0) is 6.42 Å². The number of aliphatic hydroxyl groups excluding tert-OH is 1. The van der Waals surface area contributed by atoms with Crippen LogP contribution in [0.3, 0.4) is 0 Å². The maximum Gasteiger partial charge on any atom is 0.414 e. The molecule has 1 N–H and O–H groups in total. The van der Waals surface area contributed by atoms with Gasteiger partial charge >= 0.3 is 6.18 Å². The molecule has 10 heteroatoms. The lowest BCUT2D eigenvalue weighted by Gasteiger charge is -2.11. The first-order valence-corrected chi connectivity index (χ1v) is 5.91. The van der Waals surface area contributed by atoms with E-state index in [-0.39, 0.29) is 27.5 Å². The van der Waals surface area contributed by atoms with Crippen molar-refractivity contribution < 1.29 is 22.8 Å². The van der Waals surface area contributed by atoms with Gasteiger partial charge in [-0.15, -0.1) is 0 Å². The number of aromatic nitrogens is 3. The second-order valence-electron chi connectivity index (χ2n) is 3.76. The van der Waals surface area contributed by atoms with Crippen molar-refractivity contribution in [2.45, 2.75) is 18.7 Å². The van der Waals surface area contributed by atoms with Gasteiger partial charge in [0.05, 0.1) is 16.5 Å². The maximum atomic E-state index is 12.2. The smallest absolute Gasteiger partial charge is 0.383 e. The van der Waals surface area contributed by atoms with Crippen LogP contribution in [0.1, 0.15) is 5.89 Å². The van der Waals surface area contributed by atoms with E-state index >= 15 is 0 Å². The summed E-state index contributed by atoms with van der Waals surface area (Å²) in [6.45, 7) is 0. The Bertz CT molecular complexity index is 618. The van der Waals surface area contributed by atoms with E-state index in [1.54, 1.807) is 0 Å². The first-order chi connectivity index (χ1) is 9.27. The van der Waals surface area contributed by atoms with Crippen LogP contribution in [0.2, 0.25) is 10.0 Å². The number of nitrogens with zero attached hydrogens (tertiary/aromatic N) is 3. The number of pyridine rings is 1. The van der Waals surface area contributed by atoms with Gasteiger partial charge in [-0.1, -0.05) is 28.4 Å². The normalized spacial score (nSPS) is 13.5. The zero-order chi connectivity index (χ0) is 14.9. The van der Waals surface area contributed by atoms with E-state index < -0.39 is 18.7 Å². The standard InChI is InChI=1S/C10H6Cl2F3N3O2/c11-4-1-5(12)8(16-3-4)9-17-7(20-18-9)2-6(19)10(13,14)15/h1,3,6,19H,2H2. The van der Waals surface area contributed by atoms with Gasteiger partial charge in [0, 0.05) is 6.20 Å². The van der Waals surface area contributed by atoms with Crippen molar-refractivity contribution >= 4 is 23.2 Å². The van der Waals surface area contributed by atoms with Crippen LogP contribution in [0, 0.1) is 0 Å². The van der Waals surface area contributed by atoms with Gasteiger partial charge in [-0.3, -0.25) is 0 Å². The Balaban J connectivity index is 2.21. The van der Waals surface area contributed by atoms with Crippen LogP contribution >= 0.6 is 23.2 Å². The van der Waals surface area contributed by atoms with Gasteiger partial charge in [0.25, 0.3) is 0 Å². The lowest BCUT2D eigenvalue weighted by atomic mass is 10.2. The molecule has 108 valence electrons. The summed E-state index contributed by atoms with van der Waals surface area (Å²) in [5.41, 5.74) is 0.118. The highest BCUT2D eigenvalue weighted by Crippen LogP contribution is 2.27. The highest BCUT2D eigenvalue weighted by atomic mass is 35.5. The van der Waals surface area contributed by atoms with E-state index in [9.17, 15) is 13.2 Å². The fraction of sp³-hybridized carbons (Fsp3) is 0.300. The first kappa shape index (κ1) is 15.0. The molecule has 0 saturated heterocycles. The van der Waals surface area contributed by atoms with Gasteiger partial charge < -0.3 is 9.63 Å². The van der Waals surface area contributed by atoms with E-state index in [1.165, 1.54) is 12.3 Å². The molecule has 0 spiro atoms. The van der Waals surface area contributed by atoms with E-state index in [0.29, 0.717) is 0 Å². The number of alkyl halides is 3. The van der Waals surface area contributed by atoms with Crippen molar-refractivity contribution in [2.24, 2.45) is 0 Å². The molecule has 0 radical (unpaired) electrons. The van der Waals surface area contributed by atoms with E-state index in [1.807, 2.05) is 0 Å². The zero-order valence-corrected chi connectivity index (χ0v) is 11.0. The Morgan fingerprint density at radius 1 is 1.35 bits per heavy atom. The van der Waals surface area contributed by atoms with Crippen LogP contribution < -0.4 is 0 Å². The van der Waals surface area contributed by atoms with Crippen LogP contribution in [0.15, 0.2) is 16.8 Å². The predicted octanol–water partition coefficient (Wildman–Crippen LogP) is 2.90. The van der Waals surface area contributed by atoms with Crippen LogP contribution in [0.5, 0.6) is 0 Å². The predicted molar refractivity (Wildman–Crippen MR) is 63.3 cm³/mol. The topological polar surface area (TPSA) is 72.0 Å². The Labute approximate surface area is 120 Å². The minimum absolute atomic E-state index is 0.0870. The molecule has 0 aromatic carbocycles. The summed E-state index contributed by atoms with van der Waals surface area (Å²) in [5.74, 6) is -0.464. The largest absolute Gasteiger partial charge is 0.414 e. The summed E-state index contributed by atoms with van der Waals surface area (Å²) in [5, 5.41) is 12.8. The first-order valence-electron chi connectivity index (χ1n) is 5.16. The minimum Gasteiger partial charge on any atom is -0.383 e. The highest BCUT2D eigenvalue weighted by molar-refractivity contribution is 6.35. The summed E-state index contributed by atoms with van der Waals surface area (Å²) in [6.07, 6.45) is -6.90. The van der Waals surface area contributed by atoms with Crippen LogP contribution in [0.25, 0.3) is 11.5 Å². The Kier molecular flexibility index (Phi) is 4.17. The third kappa shape index (κ3) is 3.38. The van der Waals surface area contributed by atoms with E-state index in [2.05, 4.69) is 19.6 Å². The molecule has 1 atom stereocenters. The fourth-order valence-electron chi connectivity index (χ4n) is 1.29. The summed E-state index contributed by atoms with van der Waals surface area (Å²) in [4.78, 5) is 7.55. The molecule has 2 aromatic heterocycles. The second kappa shape index (κ2) is 5.55. The Morgan fingerprint density at radius 2 is 2.05 bits per heavy atom. The average Bonchev–Trinajstić information content (AvgIpc) is 2.76. The van der Waals surface area contributed by atoms with Gasteiger partial charge in [-0.25, -0.2) is 4.98 Å². The molecule has 2 aromatic rings. The third-order valence-electron chi connectivity index (χ3n) is 2.23. The average molecular weight is 328 g/mol. The molecule has 5 nitrogen and oxygen atoms in total. The van der Waals surface area contributed by atoms with Gasteiger partial charge in [-0.05, 0) is 6.07 Å². The molecular formula is C10H6Cl2F3N3O2. The quantitative estimate of drug-likeness (QED) is 0.938. The molecule has 2 heterocycles. The Morgan fingerprint density at radius 3 is 2.65 bits per heavy atom. The van der Waals surface area contributed by atoms with E-state index in [4.69, 9.17) is 28.3 Å². The number of hydrogen-bond acceptors (Lipinski definition) is 5. The molecule has 0 aliphatic heterocycles. The third-order valence-corrected chi connectivity index (χ3v) is 2.73. The van der Waals surface area contributed by atoms with Crippen molar-refractivity contribution in [2.75, 3.05) is 0 Å². The molecular weight excluding hydrogens is 322 g/mol. The number of halogens is 5. The van der Waals surface area contributed by atoms with Crippen molar-refractivity contribution in [1.82, 2.24) is 15.1 Å². The maximum absolute atomic E-state index is 12.2. The number of aliphatic hydroxyl groups is 1. The molecule has 0 aliphatic rings. The second-order valence-corrected chi connectivity index (χ2v) is 4.60. The lowest BCUT2D eigenvalue weighted by Crippen LogP contribution is -2.30. The van der Waals surface area contributed by atoms with Gasteiger partial charge in [0.2, 0.25) is 11.7 Å². The molecule has 0 aliphatic carbocycles. The molecule has 0 bridgehead atoms. The zero-order valence-electron chi connectivity index (χ0n) is 9.53. The molecule has 0 fully saturated rings. The van der Waals surface area contributed by atoms with Crippen molar-refractivity contribution in [3.63, 3.8) is 0 Å². The molecule has 20 heavy (non-hydrogen) atoms. The molecule has 2 rings (SSSR count). The van der Waals surface area contributed by atoms with Crippen LogP contribution in [-0.4, -0.2) is 32.5 Å². The molecule has 1 unspecified atom stereocenters. The van der Waals surface area contributed by atoms with Crippen molar-refractivity contribution in [3.05, 3.63) is 28.2 Å². The summed E-state index contributed by atoms with van der Waals surface area (Å²) >= 11 is 11.5. The SMILES string of the molecule is OC(Cc1nc(-c2ncc(Cl)cc2Cl)no1)C(F)(F)F. The monoisotopic (exact) mass is 327 g/mol. The Hall–Kier alpha value is -1.38. The van der Waals surface area contributed by atoms with Crippen molar-refractivity contribution in [3.8, 4) is 11.5 Å². The molecule has 0 saturated carbocycles. The van der Waals surface area contributed by atoms with Gasteiger partial charge in [-0.2, -0.15) is 18.2 Å². The van der Waals surface area contributed by atoms with Crippen LogP contribution in [0.4, 0.5) is 13.2 Å².